The van der Waals surface area contributed by atoms with Gasteiger partial charge in [-0.3, -0.25) is 10.1 Å². The van der Waals surface area contributed by atoms with Crippen LogP contribution in [0.2, 0.25) is 0 Å². The molecule has 2 rings (SSSR count). The van der Waals surface area contributed by atoms with E-state index in [0.717, 1.165) is 5.75 Å². The van der Waals surface area contributed by atoms with Crippen molar-refractivity contribution in [3.8, 4) is 0 Å². The molecule has 0 bridgehead atoms. The fourth-order valence-electron chi connectivity index (χ4n) is 2.38. The second-order valence-corrected chi connectivity index (χ2v) is 6.02. The molecule has 1 atom stereocenters. The van der Waals surface area contributed by atoms with E-state index in [2.05, 4.69) is 5.32 Å². The largest absolute Gasteiger partial charge is 0.368 e. The van der Waals surface area contributed by atoms with Gasteiger partial charge in [0, 0.05) is 5.75 Å². The summed E-state index contributed by atoms with van der Waals surface area (Å²) < 4.78 is 0. The first-order chi connectivity index (χ1) is 6.56. The predicted molar refractivity (Wildman–Crippen MR) is 66.3 cm³/mol. The van der Waals surface area contributed by atoms with Gasteiger partial charge in [0.1, 0.15) is 5.54 Å². The van der Waals surface area contributed by atoms with Crippen molar-refractivity contribution < 1.29 is 4.79 Å². The first-order valence-electron chi connectivity index (χ1n) is 5.30. The molecule has 1 heterocycles. The Morgan fingerprint density at radius 1 is 1.33 bits per heavy atom. The van der Waals surface area contributed by atoms with Gasteiger partial charge in [-0.1, -0.05) is 19.3 Å². The van der Waals surface area contributed by atoms with E-state index < -0.39 is 5.54 Å². The van der Waals surface area contributed by atoms with Crippen LogP contribution in [0.25, 0.3) is 0 Å². The molecule has 0 aromatic rings. The van der Waals surface area contributed by atoms with E-state index in [4.69, 9.17) is 5.73 Å². The van der Waals surface area contributed by atoms with Crippen molar-refractivity contribution in [1.82, 2.24) is 5.32 Å². The van der Waals surface area contributed by atoms with Gasteiger partial charge in [-0.2, -0.15) is 0 Å². The minimum atomic E-state index is -0.484. The molecular weight excluding hydrogens is 232 g/mol. The SMILES string of the molecule is C[C@@]1(C(N)=O)CSC2(CCCCC2)N1.Cl. The maximum Gasteiger partial charge on any atom is 0.238 e. The number of hydrogen-bond donors (Lipinski definition) is 2. The van der Waals surface area contributed by atoms with Gasteiger partial charge < -0.3 is 5.73 Å². The quantitative estimate of drug-likeness (QED) is 0.744. The third-order valence-electron chi connectivity index (χ3n) is 3.35. The number of thioether (sulfide) groups is 1. The van der Waals surface area contributed by atoms with Crippen LogP contribution in [-0.4, -0.2) is 22.1 Å². The number of halogens is 1. The van der Waals surface area contributed by atoms with E-state index in [1.165, 1.54) is 32.1 Å². The summed E-state index contributed by atoms with van der Waals surface area (Å²) in [4.78, 5) is 11.5. The normalized spacial score (nSPS) is 33.7. The fraction of sp³-hybridized carbons (Fsp3) is 0.900. The van der Waals surface area contributed by atoms with Crippen LogP contribution in [0.1, 0.15) is 39.0 Å². The highest BCUT2D eigenvalue weighted by Gasteiger charge is 2.48. The summed E-state index contributed by atoms with van der Waals surface area (Å²) in [7, 11) is 0. The first kappa shape index (κ1) is 13.1. The summed E-state index contributed by atoms with van der Waals surface area (Å²) in [6.45, 7) is 1.92. The summed E-state index contributed by atoms with van der Waals surface area (Å²) >= 11 is 1.89. The van der Waals surface area contributed by atoms with Crippen LogP contribution >= 0.6 is 24.2 Å². The smallest absolute Gasteiger partial charge is 0.238 e. The summed E-state index contributed by atoms with van der Waals surface area (Å²) in [5, 5.41) is 3.47. The van der Waals surface area contributed by atoms with Crippen molar-refractivity contribution in [1.29, 1.82) is 0 Å². The summed E-state index contributed by atoms with van der Waals surface area (Å²) in [6, 6.07) is 0. The summed E-state index contributed by atoms with van der Waals surface area (Å²) in [5.74, 6) is 0.606. The molecule has 1 saturated carbocycles. The van der Waals surface area contributed by atoms with Gasteiger partial charge in [-0.05, 0) is 19.8 Å². The molecule has 3 nitrogen and oxygen atoms in total. The van der Waals surface area contributed by atoms with Crippen LogP contribution in [-0.2, 0) is 4.79 Å². The molecule has 0 aromatic heterocycles. The van der Waals surface area contributed by atoms with E-state index in [1.54, 1.807) is 0 Å². The maximum atomic E-state index is 11.3. The zero-order valence-electron chi connectivity index (χ0n) is 9.04. The lowest BCUT2D eigenvalue weighted by Gasteiger charge is -2.35. The average Bonchev–Trinajstić information content (AvgIpc) is 2.47. The van der Waals surface area contributed by atoms with E-state index in [0.29, 0.717) is 0 Å². The maximum absolute atomic E-state index is 11.3. The Kier molecular flexibility index (Phi) is 3.95. The van der Waals surface area contributed by atoms with Crippen LogP contribution < -0.4 is 11.1 Å². The van der Waals surface area contributed by atoms with E-state index >= 15 is 0 Å². The van der Waals surface area contributed by atoms with Crippen molar-refractivity contribution in [3.63, 3.8) is 0 Å². The van der Waals surface area contributed by atoms with Gasteiger partial charge in [0.15, 0.2) is 0 Å². The Hall–Kier alpha value is 0.0700. The highest BCUT2D eigenvalue weighted by molar-refractivity contribution is 8.01. The Bertz CT molecular complexity index is 256. The lowest BCUT2D eigenvalue weighted by atomic mass is 9.92. The number of primary amides is 1. The molecule has 1 spiro atoms. The Morgan fingerprint density at radius 3 is 2.40 bits per heavy atom. The molecular formula is C10H19ClN2OS. The van der Waals surface area contributed by atoms with Crippen LogP contribution in [0.3, 0.4) is 0 Å². The molecule has 0 aromatic carbocycles. The van der Waals surface area contributed by atoms with Crippen molar-refractivity contribution >= 4 is 30.1 Å². The second kappa shape index (κ2) is 4.52. The molecule has 15 heavy (non-hydrogen) atoms. The lowest BCUT2D eigenvalue weighted by Crippen LogP contribution is -2.56. The molecule has 88 valence electrons. The van der Waals surface area contributed by atoms with E-state index in [1.807, 2.05) is 18.7 Å². The Labute approximate surface area is 101 Å². The van der Waals surface area contributed by atoms with E-state index in [9.17, 15) is 4.79 Å². The van der Waals surface area contributed by atoms with E-state index in [-0.39, 0.29) is 23.2 Å². The Morgan fingerprint density at radius 2 is 1.93 bits per heavy atom. The third-order valence-corrected chi connectivity index (χ3v) is 5.13. The van der Waals surface area contributed by atoms with Gasteiger partial charge in [0.2, 0.25) is 5.91 Å². The number of rotatable bonds is 1. The topological polar surface area (TPSA) is 55.1 Å². The van der Waals surface area contributed by atoms with Gasteiger partial charge in [-0.25, -0.2) is 0 Å². The number of carbonyl (C=O) groups is 1. The minimum absolute atomic E-state index is 0. The number of nitrogens with two attached hydrogens (primary N) is 1. The molecule has 1 aliphatic heterocycles. The molecule has 1 saturated heterocycles. The zero-order valence-corrected chi connectivity index (χ0v) is 10.7. The van der Waals surface area contributed by atoms with Gasteiger partial charge in [-0.15, -0.1) is 24.2 Å². The van der Waals surface area contributed by atoms with Crippen LogP contribution in [0.15, 0.2) is 0 Å². The number of amides is 1. The standard InChI is InChI=1S/C10H18N2OS.ClH/c1-9(8(11)13)7-14-10(12-9)5-3-2-4-6-10;/h12H,2-7H2,1H3,(H2,11,13);1H/t9-;/m0./s1. The monoisotopic (exact) mass is 250 g/mol. The van der Waals surface area contributed by atoms with Gasteiger partial charge >= 0.3 is 0 Å². The molecule has 2 aliphatic rings. The zero-order chi connectivity index (χ0) is 10.2. The van der Waals surface area contributed by atoms with Crippen molar-refractivity contribution in [2.24, 2.45) is 5.73 Å². The predicted octanol–water partition coefficient (Wildman–Crippen LogP) is 1.65. The third kappa shape index (κ3) is 2.43. The molecule has 2 fully saturated rings. The number of carbonyl (C=O) groups excluding carboxylic acids is 1. The molecule has 3 N–H and O–H groups in total. The second-order valence-electron chi connectivity index (χ2n) is 4.66. The van der Waals surface area contributed by atoms with Crippen LogP contribution in [0.5, 0.6) is 0 Å². The summed E-state index contributed by atoms with van der Waals surface area (Å²) in [6.07, 6.45) is 6.24. The summed E-state index contributed by atoms with van der Waals surface area (Å²) in [5.41, 5.74) is 4.92. The van der Waals surface area contributed by atoms with Crippen molar-refractivity contribution in [3.05, 3.63) is 0 Å². The van der Waals surface area contributed by atoms with Crippen LogP contribution in [0.4, 0.5) is 0 Å². The fourth-order valence-corrected chi connectivity index (χ4v) is 4.04. The average molecular weight is 251 g/mol. The molecule has 1 aliphatic carbocycles. The van der Waals surface area contributed by atoms with Crippen molar-refractivity contribution in [2.45, 2.75) is 49.4 Å². The highest BCUT2D eigenvalue weighted by atomic mass is 35.5. The van der Waals surface area contributed by atoms with Crippen molar-refractivity contribution in [2.75, 3.05) is 5.75 Å². The molecule has 0 unspecified atom stereocenters. The van der Waals surface area contributed by atoms with Gasteiger partial charge in [0.25, 0.3) is 0 Å². The first-order valence-corrected chi connectivity index (χ1v) is 6.28. The highest BCUT2D eigenvalue weighted by Crippen LogP contribution is 2.44. The number of nitrogens with one attached hydrogen (secondary N) is 1. The molecule has 1 amide bonds. The van der Waals surface area contributed by atoms with Gasteiger partial charge in [0.05, 0.1) is 4.87 Å². The molecule has 0 radical (unpaired) electrons. The lowest BCUT2D eigenvalue weighted by molar-refractivity contribution is -0.123. The number of hydrogen-bond acceptors (Lipinski definition) is 3. The molecule has 5 heteroatoms. The van der Waals surface area contributed by atoms with Crippen LogP contribution in [0, 0.1) is 0 Å². The Balaban J connectivity index is 0.00000112. The minimum Gasteiger partial charge on any atom is -0.368 e.